The summed E-state index contributed by atoms with van der Waals surface area (Å²) in [7, 11) is 0. The molecule has 0 atom stereocenters. The molecule has 1 heterocycles. The van der Waals surface area contributed by atoms with Gasteiger partial charge >= 0.3 is 0 Å². The average molecular weight is 374 g/mol. The summed E-state index contributed by atoms with van der Waals surface area (Å²) in [5.74, 6) is 0.862. The molecule has 0 unspecified atom stereocenters. The quantitative estimate of drug-likeness (QED) is 0.557. The fourth-order valence-electron chi connectivity index (χ4n) is 2.48. The molecule has 0 saturated carbocycles. The number of carbonyl (C=O) groups excluding carboxylic acids is 1. The lowest BCUT2D eigenvalue weighted by atomic mass is 10.1. The molecule has 1 aromatic heterocycles. The monoisotopic (exact) mass is 373 g/mol. The van der Waals surface area contributed by atoms with E-state index in [1.54, 1.807) is 0 Å². The summed E-state index contributed by atoms with van der Waals surface area (Å²) in [4.78, 5) is 21.7. The van der Waals surface area contributed by atoms with E-state index in [1.165, 1.54) is 11.8 Å². The van der Waals surface area contributed by atoms with Crippen molar-refractivity contribution in [2.24, 2.45) is 0 Å². The van der Waals surface area contributed by atoms with Gasteiger partial charge in [-0.05, 0) is 31.2 Å². The van der Waals surface area contributed by atoms with Crippen LogP contribution in [0.5, 0.6) is 0 Å². The van der Waals surface area contributed by atoms with E-state index >= 15 is 0 Å². The summed E-state index contributed by atoms with van der Waals surface area (Å²) in [5, 5.41) is 3.71. The van der Waals surface area contributed by atoms with Gasteiger partial charge < -0.3 is 10.1 Å². The van der Waals surface area contributed by atoms with Crippen LogP contribution in [0.4, 0.5) is 0 Å². The first-order valence-corrected chi connectivity index (χ1v) is 10.0. The number of nitrogens with zero attached hydrogens (tertiary/aromatic N) is 2. The second-order valence-corrected chi connectivity index (χ2v) is 7.14. The standard InChI is InChI=1S/C20H27N3O2S/c1-6-25-12-16-9-7-15(8-10-16)11-21-19(24)17-14(4)22-18(13(2)3)23-20(17)26-5/h7-10,13H,6,11-12H2,1-5H3,(H,21,24). The van der Waals surface area contributed by atoms with Crippen LogP contribution in [0.3, 0.4) is 0 Å². The van der Waals surface area contributed by atoms with Gasteiger partial charge in [-0.25, -0.2) is 9.97 Å². The van der Waals surface area contributed by atoms with Crippen molar-refractivity contribution in [1.29, 1.82) is 0 Å². The molecule has 1 N–H and O–H groups in total. The molecule has 6 heteroatoms. The van der Waals surface area contributed by atoms with E-state index in [4.69, 9.17) is 4.74 Å². The van der Waals surface area contributed by atoms with Crippen molar-refractivity contribution in [3.63, 3.8) is 0 Å². The lowest BCUT2D eigenvalue weighted by molar-refractivity contribution is 0.0946. The minimum atomic E-state index is -0.138. The van der Waals surface area contributed by atoms with Gasteiger partial charge in [0.1, 0.15) is 10.9 Å². The minimum Gasteiger partial charge on any atom is -0.377 e. The first-order chi connectivity index (χ1) is 12.5. The van der Waals surface area contributed by atoms with Gasteiger partial charge in [0, 0.05) is 19.1 Å². The molecule has 2 aromatic rings. The largest absolute Gasteiger partial charge is 0.377 e. The van der Waals surface area contributed by atoms with Crippen LogP contribution in [-0.2, 0) is 17.9 Å². The highest BCUT2D eigenvalue weighted by Crippen LogP contribution is 2.23. The molecule has 2 rings (SSSR count). The summed E-state index contributed by atoms with van der Waals surface area (Å²) in [6.45, 7) is 9.72. The van der Waals surface area contributed by atoms with E-state index < -0.39 is 0 Å². The Morgan fingerprint density at radius 3 is 2.42 bits per heavy atom. The Balaban J connectivity index is 2.08. The Labute approximate surface area is 160 Å². The predicted molar refractivity (Wildman–Crippen MR) is 106 cm³/mol. The molecule has 0 aliphatic heterocycles. The normalized spacial score (nSPS) is 11.0. The van der Waals surface area contributed by atoms with Crippen molar-refractivity contribution < 1.29 is 9.53 Å². The van der Waals surface area contributed by atoms with Crippen molar-refractivity contribution in [3.8, 4) is 0 Å². The molecule has 0 fully saturated rings. The predicted octanol–water partition coefficient (Wildman–Crippen LogP) is 4.10. The third-order valence-electron chi connectivity index (χ3n) is 3.96. The van der Waals surface area contributed by atoms with Gasteiger partial charge in [0.15, 0.2) is 0 Å². The molecule has 0 spiro atoms. The molecule has 1 aromatic carbocycles. The molecule has 26 heavy (non-hydrogen) atoms. The van der Waals surface area contributed by atoms with Crippen molar-refractivity contribution in [2.45, 2.75) is 51.8 Å². The lowest BCUT2D eigenvalue weighted by Crippen LogP contribution is -2.25. The summed E-state index contributed by atoms with van der Waals surface area (Å²) in [5.41, 5.74) is 3.45. The molecule has 140 valence electrons. The van der Waals surface area contributed by atoms with Crippen molar-refractivity contribution in [2.75, 3.05) is 12.9 Å². The van der Waals surface area contributed by atoms with Crippen LogP contribution in [0.1, 0.15) is 59.7 Å². The first kappa shape index (κ1) is 20.4. The Morgan fingerprint density at radius 1 is 1.19 bits per heavy atom. The van der Waals surface area contributed by atoms with Crippen molar-refractivity contribution in [1.82, 2.24) is 15.3 Å². The van der Waals surface area contributed by atoms with Crippen LogP contribution < -0.4 is 5.32 Å². The molecular weight excluding hydrogens is 346 g/mol. The van der Waals surface area contributed by atoms with E-state index in [0.717, 1.165) is 27.7 Å². The van der Waals surface area contributed by atoms with E-state index in [1.807, 2.05) is 58.2 Å². The maximum absolute atomic E-state index is 12.7. The highest BCUT2D eigenvalue weighted by molar-refractivity contribution is 7.98. The Kier molecular flexibility index (Phi) is 7.60. The summed E-state index contributed by atoms with van der Waals surface area (Å²) < 4.78 is 5.39. The van der Waals surface area contributed by atoms with E-state index in [-0.39, 0.29) is 11.8 Å². The number of amides is 1. The second-order valence-electron chi connectivity index (χ2n) is 6.34. The maximum atomic E-state index is 12.7. The van der Waals surface area contributed by atoms with Crippen molar-refractivity contribution >= 4 is 17.7 Å². The number of thioether (sulfide) groups is 1. The number of hydrogen-bond donors (Lipinski definition) is 1. The van der Waals surface area contributed by atoms with Crippen LogP contribution in [-0.4, -0.2) is 28.7 Å². The number of nitrogens with one attached hydrogen (secondary N) is 1. The zero-order valence-corrected chi connectivity index (χ0v) is 16.9. The number of aromatic nitrogens is 2. The number of benzene rings is 1. The number of ether oxygens (including phenoxy) is 1. The second kappa shape index (κ2) is 9.69. The fraction of sp³-hybridized carbons (Fsp3) is 0.450. The summed E-state index contributed by atoms with van der Waals surface area (Å²) >= 11 is 1.47. The Hall–Kier alpha value is -1.92. The molecular formula is C20H27N3O2S. The van der Waals surface area contributed by atoms with Crippen LogP contribution in [0.25, 0.3) is 0 Å². The molecule has 0 aliphatic rings. The van der Waals surface area contributed by atoms with Gasteiger partial charge in [-0.3, -0.25) is 4.79 Å². The van der Waals surface area contributed by atoms with E-state index in [0.29, 0.717) is 25.3 Å². The van der Waals surface area contributed by atoms with Gasteiger partial charge in [0.05, 0.1) is 17.9 Å². The minimum absolute atomic E-state index is 0.138. The number of rotatable bonds is 8. The third-order valence-corrected chi connectivity index (χ3v) is 4.64. The smallest absolute Gasteiger partial charge is 0.256 e. The van der Waals surface area contributed by atoms with Crippen LogP contribution >= 0.6 is 11.8 Å². The molecule has 5 nitrogen and oxygen atoms in total. The fourth-order valence-corrected chi connectivity index (χ4v) is 3.11. The topological polar surface area (TPSA) is 64.1 Å². The van der Waals surface area contributed by atoms with Gasteiger partial charge in [0.2, 0.25) is 0 Å². The van der Waals surface area contributed by atoms with Gasteiger partial charge in [-0.2, -0.15) is 0 Å². The van der Waals surface area contributed by atoms with Gasteiger partial charge in [-0.15, -0.1) is 11.8 Å². The molecule has 0 saturated heterocycles. The molecule has 1 amide bonds. The number of aryl methyl sites for hydroxylation is 1. The average Bonchev–Trinajstić information content (AvgIpc) is 2.64. The molecule has 0 radical (unpaired) electrons. The lowest BCUT2D eigenvalue weighted by Gasteiger charge is -2.13. The maximum Gasteiger partial charge on any atom is 0.256 e. The zero-order valence-electron chi connectivity index (χ0n) is 16.1. The SMILES string of the molecule is CCOCc1ccc(CNC(=O)c2c(C)nc(C(C)C)nc2SC)cc1. The number of carbonyl (C=O) groups is 1. The third kappa shape index (κ3) is 5.29. The van der Waals surface area contributed by atoms with Gasteiger partial charge in [0.25, 0.3) is 5.91 Å². The van der Waals surface area contributed by atoms with Crippen LogP contribution in [0, 0.1) is 6.92 Å². The van der Waals surface area contributed by atoms with E-state index in [2.05, 4.69) is 15.3 Å². The van der Waals surface area contributed by atoms with Crippen LogP contribution in [0.2, 0.25) is 0 Å². The summed E-state index contributed by atoms with van der Waals surface area (Å²) in [6, 6.07) is 8.07. The molecule has 0 aliphatic carbocycles. The van der Waals surface area contributed by atoms with Gasteiger partial charge in [-0.1, -0.05) is 38.1 Å². The molecule has 0 bridgehead atoms. The van der Waals surface area contributed by atoms with Crippen molar-refractivity contribution in [3.05, 3.63) is 52.5 Å². The highest BCUT2D eigenvalue weighted by Gasteiger charge is 2.19. The Bertz CT molecular complexity index is 745. The van der Waals surface area contributed by atoms with Crippen LogP contribution in [0.15, 0.2) is 29.3 Å². The number of hydrogen-bond acceptors (Lipinski definition) is 5. The Morgan fingerprint density at radius 2 is 1.85 bits per heavy atom. The zero-order chi connectivity index (χ0) is 19.1. The highest BCUT2D eigenvalue weighted by atomic mass is 32.2. The van der Waals surface area contributed by atoms with E-state index in [9.17, 15) is 4.79 Å². The summed E-state index contributed by atoms with van der Waals surface area (Å²) in [6.07, 6.45) is 1.93. The first-order valence-electron chi connectivity index (χ1n) is 8.82.